The molecule has 0 aliphatic heterocycles. The fourth-order valence-electron chi connectivity index (χ4n) is 2.00. The number of nitrogens with zero attached hydrogens (tertiary/aromatic N) is 1. The standard InChI is InChI=1S/C15H15BrClNO2S/c1-11-6-7-13(16)9-15(11)21(19,20)18(2)10-12-4-3-5-14(17)8-12/h3-9H,10H2,1-2H3. The lowest BCUT2D eigenvalue weighted by Crippen LogP contribution is -2.27. The summed E-state index contributed by atoms with van der Waals surface area (Å²) in [4.78, 5) is 0.307. The molecule has 0 heterocycles. The van der Waals surface area contributed by atoms with Crippen molar-refractivity contribution >= 4 is 37.6 Å². The number of aryl methyl sites for hydroxylation is 1. The summed E-state index contributed by atoms with van der Waals surface area (Å²) in [6, 6.07) is 12.4. The van der Waals surface area contributed by atoms with E-state index in [1.165, 1.54) is 4.31 Å². The molecule has 2 aromatic carbocycles. The van der Waals surface area contributed by atoms with E-state index in [2.05, 4.69) is 15.9 Å². The number of hydrogen-bond donors (Lipinski definition) is 0. The van der Waals surface area contributed by atoms with E-state index in [-0.39, 0.29) is 6.54 Å². The second-order valence-electron chi connectivity index (χ2n) is 4.80. The summed E-state index contributed by atoms with van der Waals surface area (Å²) in [5.74, 6) is 0. The van der Waals surface area contributed by atoms with Crippen LogP contribution in [0, 0.1) is 6.92 Å². The third kappa shape index (κ3) is 3.86. The Kier molecular flexibility index (Phi) is 5.09. The average Bonchev–Trinajstić information content (AvgIpc) is 2.41. The van der Waals surface area contributed by atoms with E-state index < -0.39 is 10.0 Å². The molecular weight excluding hydrogens is 374 g/mol. The lowest BCUT2D eigenvalue weighted by Gasteiger charge is -2.19. The maximum absolute atomic E-state index is 12.7. The van der Waals surface area contributed by atoms with E-state index in [0.717, 1.165) is 15.6 Å². The van der Waals surface area contributed by atoms with E-state index in [9.17, 15) is 8.42 Å². The number of rotatable bonds is 4. The van der Waals surface area contributed by atoms with Gasteiger partial charge in [0, 0.05) is 23.1 Å². The normalized spacial score (nSPS) is 11.9. The largest absolute Gasteiger partial charge is 0.243 e. The molecule has 3 nitrogen and oxygen atoms in total. The summed E-state index contributed by atoms with van der Waals surface area (Å²) in [5, 5.41) is 0.594. The van der Waals surface area contributed by atoms with E-state index in [1.807, 2.05) is 18.2 Å². The third-order valence-corrected chi connectivity index (χ3v) is 5.81. The van der Waals surface area contributed by atoms with Gasteiger partial charge in [-0.05, 0) is 42.3 Å². The molecule has 0 spiro atoms. The van der Waals surface area contributed by atoms with Crippen LogP contribution in [0.5, 0.6) is 0 Å². The summed E-state index contributed by atoms with van der Waals surface area (Å²) >= 11 is 9.25. The Morgan fingerprint density at radius 3 is 2.57 bits per heavy atom. The molecule has 0 N–H and O–H groups in total. The van der Waals surface area contributed by atoms with Crippen LogP contribution in [0.1, 0.15) is 11.1 Å². The Hall–Kier alpha value is -0.880. The number of sulfonamides is 1. The molecule has 0 saturated heterocycles. The molecule has 0 aliphatic carbocycles. The zero-order valence-electron chi connectivity index (χ0n) is 11.7. The van der Waals surface area contributed by atoms with Crippen LogP contribution in [0.4, 0.5) is 0 Å². The molecule has 6 heteroatoms. The number of halogens is 2. The first-order valence-corrected chi connectivity index (χ1v) is 8.89. The first kappa shape index (κ1) is 16.5. The highest BCUT2D eigenvalue weighted by molar-refractivity contribution is 9.10. The van der Waals surface area contributed by atoms with Crippen molar-refractivity contribution < 1.29 is 8.42 Å². The lowest BCUT2D eigenvalue weighted by atomic mass is 10.2. The smallest absolute Gasteiger partial charge is 0.207 e. The van der Waals surface area contributed by atoms with Gasteiger partial charge >= 0.3 is 0 Å². The Balaban J connectivity index is 2.33. The molecule has 0 aliphatic rings. The van der Waals surface area contributed by atoms with Gasteiger partial charge in [0.15, 0.2) is 0 Å². The second kappa shape index (κ2) is 6.48. The molecule has 0 aromatic heterocycles. The maximum Gasteiger partial charge on any atom is 0.243 e. The van der Waals surface area contributed by atoms with E-state index >= 15 is 0 Å². The van der Waals surface area contributed by atoms with Gasteiger partial charge in [0.2, 0.25) is 10.0 Å². The minimum Gasteiger partial charge on any atom is -0.207 e. The van der Waals surface area contributed by atoms with Crippen molar-refractivity contribution in [2.45, 2.75) is 18.4 Å². The summed E-state index contributed by atoms with van der Waals surface area (Å²) in [5.41, 5.74) is 1.57. The molecule has 0 amide bonds. The highest BCUT2D eigenvalue weighted by atomic mass is 79.9. The van der Waals surface area contributed by atoms with Crippen LogP contribution in [-0.4, -0.2) is 19.8 Å². The fraction of sp³-hybridized carbons (Fsp3) is 0.200. The van der Waals surface area contributed by atoms with Crippen LogP contribution in [0.25, 0.3) is 0 Å². The van der Waals surface area contributed by atoms with Gasteiger partial charge < -0.3 is 0 Å². The molecule has 0 bridgehead atoms. The van der Waals surface area contributed by atoms with Crippen LogP contribution in [-0.2, 0) is 16.6 Å². The second-order valence-corrected chi connectivity index (χ2v) is 8.17. The van der Waals surface area contributed by atoms with Crippen molar-refractivity contribution in [3.63, 3.8) is 0 Å². The zero-order valence-corrected chi connectivity index (χ0v) is 14.8. The van der Waals surface area contributed by atoms with E-state index in [4.69, 9.17) is 11.6 Å². The van der Waals surface area contributed by atoms with Gasteiger partial charge in [-0.15, -0.1) is 0 Å². The number of benzene rings is 2. The Labute approximate surface area is 138 Å². The summed E-state index contributed by atoms with van der Waals surface area (Å²) in [6.45, 7) is 2.06. The zero-order chi connectivity index (χ0) is 15.6. The molecule has 2 aromatic rings. The van der Waals surface area contributed by atoms with Gasteiger partial charge in [0.25, 0.3) is 0 Å². The molecule has 2 rings (SSSR count). The lowest BCUT2D eigenvalue weighted by molar-refractivity contribution is 0.466. The monoisotopic (exact) mass is 387 g/mol. The van der Waals surface area contributed by atoms with Crippen molar-refractivity contribution in [2.24, 2.45) is 0 Å². The Morgan fingerprint density at radius 1 is 1.19 bits per heavy atom. The molecule has 0 saturated carbocycles. The average molecular weight is 389 g/mol. The molecule has 0 fully saturated rings. The molecular formula is C15H15BrClNO2S. The predicted molar refractivity (Wildman–Crippen MR) is 89.0 cm³/mol. The SMILES string of the molecule is Cc1ccc(Br)cc1S(=O)(=O)N(C)Cc1cccc(Cl)c1. The highest BCUT2D eigenvalue weighted by Gasteiger charge is 2.23. The quantitative estimate of drug-likeness (QED) is 0.786. The van der Waals surface area contributed by atoms with Crippen molar-refractivity contribution in [3.05, 3.63) is 63.1 Å². The summed E-state index contributed by atoms with van der Waals surface area (Å²) in [6.07, 6.45) is 0. The van der Waals surface area contributed by atoms with Crippen molar-refractivity contribution in [1.29, 1.82) is 0 Å². The van der Waals surface area contributed by atoms with Crippen molar-refractivity contribution in [2.75, 3.05) is 7.05 Å². The van der Waals surface area contributed by atoms with Gasteiger partial charge in [0.1, 0.15) is 0 Å². The van der Waals surface area contributed by atoms with Crippen LogP contribution in [0.15, 0.2) is 51.8 Å². The maximum atomic E-state index is 12.7. The van der Waals surface area contributed by atoms with Gasteiger partial charge in [-0.1, -0.05) is 45.7 Å². The predicted octanol–water partition coefficient (Wildman–Crippen LogP) is 4.23. The summed E-state index contributed by atoms with van der Waals surface area (Å²) < 4.78 is 27.4. The first-order chi connectivity index (χ1) is 9.80. The van der Waals surface area contributed by atoms with Gasteiger partial charge in [-0.3, -0.25) is 0 Å². The van der Waals surface area contributed by atoms with Crippen molar-refractivity contribution in [3.8, 4) is 0 Å². The topological polar surface area (TPSA) is 37.4 Å². The minimum absolute atomic E-state index is 0.273. The van der Waals surface area contributed by atoms with Crippen molar-refractivity contribution in [1.82, 2.24) is 4.31 Å². The van der Waals surface area contributed by atoms with Crippen LogP contribution in [0.3, 0.4) is 0 Å². The Morgan fingerprint density at radius 2 is 1.90 bits per heavy atom. The highest BCUT2D eigenvalue weighted by Crippen LogP contribution is 2.24. The minimum atomic E-state index is -3.54. The molecule has 112 valence electrons. The Bertz CT molecular complexity index is 762. The van der Waals surface area contributed by atoms with Crippen LogP contribution < -0.4 is 0 Å². The third-order valence-electron chi connectivity index (χ3n) is 3.13. The van der Waals surface area contributed by atoms with Gasteiger partial charge in [0.05, 0.1) is 4.90 Å². The summed E-state index contributed by atoms with van der Waals surface area (Å²) in [7, 11) is -1.98. The van der Waals surface area contributed by atoms with Crippen LogP contribution >= 0.6 is 27.5 Å². The fourth-order valence-corrected chi connectivity index (χ4v) is 4.13. The van der Waals surface area contributed by atoms with Crippen LogP contribution in [0.2, 0.25) is 5.02 Å². The molecule has 0 unspecified atom stereocenters. The molecule has 0 radical (unpaired) electrons. The van der Waals surface area contributed by atoms with Gasteiger partial charge in [-0.2, -0.15) is 4.31 Å². The number of hydrogen-bond acceptors (Lipinski definition) is 2. The van der Waals surface area contributed by atoms with E-state index in [0.29, 0.717) is 9.92 Å². The molecule has 0 atom stereocenters. The molecule has 21 heavy (non-hydrogen) atoms. The van der Waals surface area contributed by atoms with E-state index in [1.54, 1.807) is 38.2 Å². The van der Waals surface area contributed by atoms with Gasteiger partial charge in [-0.25, -0.2) is 8.42 Å². The first-order valence-electron chi connectivity index (χ1n) is 6.27.